The van der Waals surface area contributed by atoms with Crippen molar-refractivity contribution in [1.82, 2.24) is 19.7 Å². The summed E-state index contributed by atoms with van der Waals surface area (Å²) in [7, 11) is 0. The Morgan fingerprint density at radius 2 is 2.09 bits per heavy atom. The van der Waals surface area contributed by atoms with Crippen molar-refractivity contribution < 1.29 is 9.59 Å². The van der Waals surface area contributed by atoms with Crippen LogP contribution in [-0.4, -0.2) is 44.1 Å². The second-order valence-electron chi connectivity index (χ2n) is 8.62. The zero-order chi connectivity index (χ0) is 23.7. The van der Waals surface area contributed by atoms with Crippen LogP contribution in [0.4, 0.5) is 5.69 Å². The number of nitrogens with one attached hydrogen (secondary N) is 1. The first kappa shape index (κ1) is 22.2. The second kappa shape index (κ2) is 9.36. The Morgan fingerprint density at radius 3 is 2.88 bits per heavy atom. The SMILES string of the molecule is Cc1cc(C(=O)Nc2cccc(CN3CCCC3C(N)=O)c2)c2cnn(Cc3cccs3)c2n1. The van der Waals surface area contributed by atoms with Gasteiger partial charge in [-0.2, -0.15) is 5.10 Å². The molecule has 4 heterocycles. The largest absolute Gasteiger partial charge is 0.368 e. The molecule has 2 amide bonds. The van der Waals surface area contributed by atoms with Crippen molar-refractivity contribution in [2.24, 2.45) is 5.73 Å². The van der Waals surface area contributed by atoms with Crippen LogP contribution < -0.4 is 11.1 Å². The van der Waals surface area contributed by atoms with Crippen molar-refractivity contribution in [1.29, 1.82) is 0 Å². The summed E-state index contributed by atoms with van der Waals surface area (Å²) in [6.45, 7) is 3.95. The number of carbonyl (C=O) groups is 2. The van der Waals surface area contributed by atoms with Gasteiger partial charge >= 0.3 is 0 Å². The first-order valence-corrected chi connectivity index (χ1v) is 12.1. The fourth-order valence-corrected chi connectivity index (χ4v) is 5.23. The highest BCUT2D eigenvalue weighted by Gasteiger charge is 2.28. The Bertz CT molecular complexity index is 1350. The van der Waals surface area contributed by atoms with Crippen LogP contribution in [0.15, 0.2) is 54.0 Å². The third kappa shape index (κ3) is 4.57. The van der Waals surface area contributed by atoms with Crippen molar-refractivity contribution in [2.45, 2.75) is 38.9 Å². The average Bonchev–Trinajstić information content (AvgIpc) is 3.56. The highest BCUT2D eigenvalue weighted by molar-refractivity contribution is 7.09. The van der Waals surface area contributed by atoms with Crippen molar-refractivity contribution in [3.63, 3.8) is 0 Å². The van der Waals surface area contributed by atoms with E-state index in [1.165, 1.54) is 4.88 Å². The molecule has 0 aliphatic carbocycles. The van der Waals surface area contributed by atoms with Crippen molar-refractivity contribution in [3.05, 3.63) is 75.7 Å². The van der Waals surface area contributed by atoms with E-state index < -0.39 is 0 Å². The van der Waals surface area contributed by atoms with Gasteiger partial charge in [0.1, 0.15) is 0 Å². The minimum absolute atomic E-state index is 0.209. The normalized spacial score (nSPS) is 16.2. The lowest BCUT2D eigenvalue weighted by Crippen LogP contribution is -2.39. The molecule has 1 aromatic carbocycles. The van der Waals surface area contributed by atoms with Gasteiger partial charge in [-0.3, -0.25) is 14.5 Å². The zero-order valence-corrected chi connectivity index (χ0v) is 19.7. The minimum Gasteiger partial charge on any atom is -0.368 e. The maximum Gasteiger partial charge on any atom is 0.256 e. The lowest BCUT2D eigenvalue weighted by atomic mass is 10.1. The Hall–Kier alpha value is -3.56. The van der Waals surface area contributed by atoms with E-state index in [1.807, 2.05) is 47.3 Å². The molecule has 1 atom stereocenters. The zero-order valence-electron chi connectivity index (χ0n) is 18.9. The standard InChI is InChI=1S/C25H26N6O2S/c1-16-11-20(21-13-27-31(24(21)28-16)15-19-7-4-10-34-19)25(33)29-18-6-2-5-17(12-18)14-30-9-3-8-22(30)23(26)32/h2,4-7,10-13,22H,3,8-9,14-15H2,1H3,(H2,26,32)(H,29,33). The van der Waals surface area contributed by atoms with E-state index >= 15 is 0 Å². The molecule has 4 aromatic rings. The lowest BCUT2D eigenvalue weighted by molar-refractivity contribution is -0.122. The van der Waals surface area contributed by atoms with Crippen LogP contribution in [0.25, 0.3) is 11.0 Å². The summed E-state index contributed by atoms with van der Waals surface area (Å²) in [6.07, 6.45) is 3.46. The fourth-order valence-electron chi connectivity index (χ4n) is 4.54. The number of nitrogens with two attached hydrogens (primary N) is 1. The number of hydrogen-bond acceptors (Lipinski definition) is 6. The van der Waals surface area contributed by atoms with Gasteiger partial charge in [0.05, 0.1) is 29.7 Å². The molecular weight excluding hydrogens is 448 g/mol. The summed E-state index contributed by atoms with van der Waals surface area (Å²) in [5.41, 5.74) is 9.26. The van der Waals surface area contributed by atoms with E-state index in [-0.39, 0.29) is 17.9 Å². The Morgan fingerprint density at radius 1 is 1.21 bits per heavy atom. The molecule has 1 saturated heterocycles. The summed E-state index contributed by atoms with van der Waals surface area (Å²) in [5, 5.41) is 10.3. The first-order chi connectivity index (χ1) is 16.5. The summed E-state index contributed by atoms with van der Waals surface area (Å²) in [5.74, 6) is -0.488. The Labute approximate surface area is 201 Å². The summed E-state index contributed by atoms with van der Waals surface area (Å²) in [6, 6.07) is 13.3. The molecule has 3 N–H and O–H groups in total. The van der Waals surface area contributed by atoms with Gasteiger partial charge in [0.2, 0.25) is 5.91 Å². The molecule has 1 unspecified atom stereocenters. The van der Waals surface area contributed by atoms with Crippen molar-refractivity contribution in [2.75, 3.05) is 11.9 Å². The summed E-state index contributed by atoms with van der Waals surface area (Å²) >= 11 is 1.66. The van der Waals surface area contributed by atoms with E-state index in [9.17, 15) is 9.59 Å². The van der Waals surface area contributed by atoms with Gasteiger partial charge in [-0.15, -0.1) is 11.3 Å². The molecule has 9 heteroatoms. The predicted molar refractivity (Wildman–Crippen MR) is 133 cm³/mol. The van der Waals surface area contributed by atoms with E-state index in [0.29, 0.717) is 30.0 Å². The second-order valence-corrected chi connectivity index (χ2v) is 9.65. The van der Waals surface area contributed by atoms with Gasteiger partial charge in [0, 0.05) is 22.8 Å². The quantitative estimate of drug-likeness (QED) is 0.426. The average molecular weight is 475 g/mol. The van der Waals surface area contributed by atoms with E-state index in [1.54, 1.807) is 23.6 Å². The number of aromatic nitrogens is 3. The first-order valence-electron chi connectivity index (χ1n) is 11.3. The van der Waals surface area contributed by atoms with Crippen molar-refractivity contribution >= 4 is 39.9 Å². The van der Waals surface area contributed by atoms with E-state index in [4.69, 9.17) is 5.73 Å². The van der Waals surface area contributed by atoms with Gasteiger partial charge in [0.15, 0.2) is 5.65 Å². The predicted octanol–water partition coefficient (Wildman–Crippen LogP) is 3.55. The van der Waals surface area contributed by atoms with Crippen LogP contribution in [0.5, 0.6) is 0 Å². The number of fused-ring (bicyclic) bond motifs is 1. The molecule has 8 nitrogen and oxygen atoms in total. The molecule has 1 fully saturated rings. The molecule has 0 radical (unpaired) electrons. The molecule has 0 bridgehead atoms. The maximum absolute atomic E-state index is 13.3. The van der Waals surface area contributed by atoms with Crippen LogP contribution in [0.2, 0.25) is 0 Å². The van der Waals surface area contributed by atoms with E-state index in [2.05, 4.69) is 26.4 Å². The molecule has 5 rings (SSSR count). The smallest absolute Gasteiger partial charge is 0.256 e. The molecule has 3 aromatic heterocycles. The fraction of sp³-hybridized carbons (Fsp3) is 0.280. The number of primary amides is 1. The monoisotopic (exact) mass is 474 g/mol. The van der Waals surface area contributed by atoms with E-state index in [0.717, 1.165) is 36.0 Å². The van der Waals surface area contributed by atoms with Gasteiger partial charge in [-0.25, -0.2) is 9.67 Å². The number of pyridine rings is 1. The van der Waals surface area contributed by atoms with Crippen molar-refractivity contribution in [3.8, 4) is 0 Å². The van der Waals surface area contributed by atoms with Crippen LogP contribution >= 0.6 is 11.3 Å². The molecule has 1 aliphatic rings. The van der Waals surface area contributed by atoms with Crippen LogP contribution in [0, 0.1) is 6.92 Å². The highest BCUT2D eigenvalue weighted by atomic mass is 32.1. The third-order valence-corrected chi connectivity index (χ3v) is 6.99. The van der Waals surface area contributed by atoms with Crippen LogP contribution in [-0.2, 0) is 17.9 Å². The van der Waals surface area contributed by atoms with Gasteiger partial charge in [0.25, 0.3) is 5.91 Å². The number of amides is 2. The number of carbonyl (C=O) groups excluding carboxylic acids is 2. The topological polar surface area (TPSA) is 106 Å². The molecular formula is C25H26N6O2S. The number of aryl methyl sites for hydroxylation is 1. The molecule has 1 aliphatic heterocycles. The molecule has 0 spiro atoms. The summed E-state index contributed by atoms with van der Waals surface area (Å²) in [4.78, 5) is 32.9. The lowest BCUT2D eigenvalue weighted by Gasteiger charge is -2.22. The van der Waals surface area contributed by atoms with Crippen LogP contribution in [0.3, 0.4) is 0 Å². The molecule has 174 valence electrons. The number of anilines is 1. The number of thiophene rings is 1. The number of likely N-dealkylation sites (tertiary alicyclic amines) is 1. The Kier molecular flexibility index (Phi) is 6.12. The number of benzene rings is 1. The van der Waals surface area contributed by atoms with Gasteiger partial charge in [-0.05, 0) is 61.5 Å². The van der Waals surface area contributed by atoms with Crippen LogP contribution in [0.1, 0.15) is 39.3 Å². The molecule has 0 saturated carbocycles. The maximum atomic E-state index is 13.3. The minimum atomic E-state index is -0.279. The Balaban J connectivity index is 1.36. The number of hydrogen-bond donors (Lipinski definition) is 2. The van der Waals surface area contributed by atoms with Gasteiger partial charge < -0.3 is 11.1 Å². The third-order valence-electron chi connectivity index (χ3n) is 6.13. The highest BCUT2D eigenvalue weighted by Crippen LogP contribution is 2.24. The number of rotatable bonds is 7. The molecule has 34 heavy (non-hydrogen) atoms. The summed E-state index contributed by atoms with van der Waals surface area (Å²) < 4.78 is 1.83. The van der Waals surface area contributed by atoms with Gasteiger partial charge in [-0.1, -0.05) is 18.2 Å². The number of nitrogens with zero attached hydrogens (tertiary/aromatic N) is 4.